The summed E-state index contributed by atoms with van der Waals surface area (Å²) in [6, 6.07) is 16.0. The van der Waals surface area contributed by atoms with E-state index in [1.807, 2.05) is 59.8 Å². The number of nitrogens with zero attached hydrogens (tertiary/aromatic N) is 3. The van der Waals surface area contributed by atoms with Gasteiger partial charge in [-0.2, -0.15) is 5.10 Å². The molecule has 3 aromatic rings. The van der Waals surface area contributed by atoms with Gasteiger partial charge in [0.15, 0.2) is 0 Å². The van der Waals surface area contributed by atoms with E-state index in [4.69, 9.17) is 0 Å². The molecule has 2 fully saturated rings. The highest BCUT2D eigenvalue weighted by molar-refractivity contribution is 5.95. The van der Waals surface area contributed by atoms with E-state index in [0.717, 1.165) is 41.9 Å². The average molecular weight is 461 g/mol. The summed E-state index contributed by atoms with van der Waals surface area (Å²) in [7, 11) is 0. The molecule has 6 nitrogen and oxygen atoms in total. The first-order chi connectivity index (χ1) is 16.3. The molecule has 34 heavy (non-hydrogen) atoms. The number of benzene rings is 2. The number of rotatable bonds is 3. The molecule has 3 heterocycles. The third kappa shape index (κ3) is 4.11. The van der Waals surface area contributed by atoms with Crippen molar-refractivity contribution in [2.45, 2.75) is 51.0 Å². The van der Waals surface area contributed by atoms with E-state index in [-0.39, 0.29) is 23.5 Å². The summed E-state index contributed by atoms with van der Waals surface area (Å²) >= 11 is 0. The molecule has 0 saturated carbocycles. The smallest absolute Gasteiger partial charge is 0.254 e. The number of carbonyl (C=O) groups excluding carboxylic acids is 2. The Hall–Kier alpha value is -3.48. The SMILES string of the molecule is Cc1cc(C)n(-c2cccc(C(=O)N3C[C@@H](c4cccc(F)c4)[C@@]4(CCCCC(=O)N4)C3)c2)n1. The van der Waals surface area contributed by atoms with Crippen molar-refractivity contribution in [2.75, 3.05) is 13.1 Å². The number of carbonyl (C=O) groups is 2. The van der Waals surface area contributed by atoms with Crippen LogP contribution in [0, 0.1) is 19.7 Å². The van der Waals surface area contributed by atoms with Crippen molar-refractivity contribution in [3.8, 4) is 5.69 Å². The molecular formula is C27H29FN4O2. The van der Waals surface area contributed by atoms with Crippen molar-refractivity contribution in [3.05, 3.63) is 82.9 Å². The zero-order valence-corrected chi connectivity index (χ0v) is 19.6. The zero-order chi connectivity index (χ0) is 23.9. The first kappa shape index (κ1) is 22.3. The minimum absolute atomic E-state index is 0.000253. The van der Waals surface area contributed by atoms with E-state index < -0.39 is 5.54 Å². The van der Waals surface area contributed by atoms with E-state index >= 15 is 0 Å². The van der Waals surface area contributed by atoms with Crippen LogP contribution in [0.25, 0.3) is 5.69 Å². The van der Waals surface area contributed by atoms with Crippen LogP contribution in [-0.4, -0.2) is 45.1 Å². The van der Waals surface area contributed by atoms with Crippen LogP contribution in [0.1, 0.15) is 58.9 Å². The summed E-state index contributed by atoms with van der Waals surface area (Å²) in [5, 5.41) is 7.77. The standard InChI is InChI=1S/C27H29FN4O2/c1-18-13-19(2)32(30-18)23-10-6-8-21(15-23)26(34)31-16-24(20-7-5-9-22(28)14-20)27(17-31)12-4-3-11-25(33)29-27/h5-10,13-15,24H,3-4,11-12,16-17H2,1-2H3,(H,29,33)/t24-,27+/m0/s1. The minimum atomic E-state index is -0.593. The van der Waals surface area contributed by atoms with Crippen LogP contribution in [0.15, 0.2) is 54.6 Å². The molecule has 2 atom stereocenters. The number of hydrogen-bond donors (Lipinski definition) is 1. The molecule has 0 unspecified atom stereocenters. The van der Waals surface area contributed by atoms with E-state index in [9.17, 15) is 14.0 Å². The van der Waals surface area contributed by atoms with E-state index in [0.29, 0.717) is 25.1 Å². The van der Waals surface area contributed by atoms with Crippen LogP contribution >= 0.6 is 0 Å². The molecule has 1 spiro atoms. The van der Waals surface area contributed by atoms with Crippen LogP contribution in [-0.2, 0) is 4.79 Å². The molecule has 2 aromatic carbocycles. The number of likely N-dealkylation sites (tertiary alicyclic amines) is 1. The van der Waals surface area contributed by atoms with Crippen LogP contribution in [0.3, 0.4) is 0 Å². The summed E-state index contributed by atoms with van der Waals surface area (Å²) in [5.41, 5.74) is 3.53. The zero-order valence-electron chi connectivity index (χ0n) is 19.6. The van der Waals surface area contributed by atoms with Gasteiger partial charge in [0, 0.05) is 36.7 Å². The maximum absolute atomic E-state index is 14.1. The van der Waals surface area contributed by atoms with E-state index in [1.165, 1.54) is 12.1 Å². The second-order valence-corrected chi connectivity index (χ2v) is 9.59. The predicted octanol–water partition coefficient (Wildman–Crippen LogP) is 4.30. The molecule has 0 radical (unpaired) electrons. The molecule has 1 aromatic heterocycles. The van der Waals surface area contributed by atoms with Gasteiger partial charge in [0.25, 0.3) is 5.91 Å². The molecule has 176 valence electrons. The van der Waals surface area contributed by atoms with Crippen molar-refractivity contribution in [2.24, 2.45) is 0 Å². The lowest BCUT2D eigenvalue weighted by Gasteiger charge is -2.34. The Labute approximate surface area is 198 Å². The van der Waals surface area contributed by atoms with Crippen molar-refractivity contribution in [1.29, 1.82) is 0 Å². The molecule has 2 amide bonds. The van der Waals surface area contributed by atoms with Gasteiger partial charge in [-0.25, -0.2) is 9.07 Å². The molecular weight excluding hydrogens is 431 g/mol. The summed E-state index contributed by atoms with van der Waals surface area (Å²) in [6.45, 7) is 4.75. The van der Waals surface area contributed by atoms with Crippen LogP contribution in [0.2, 0.25) is 0 Å². The maximum atomic E-state index is 14.1. The van der Waals surface area contributed by atoms with E-state index in [2.05, 4.69) is 10.4 Å². The molecule has 1 N–H and O–H groups in total. The normalized spacial score (nSPS) is 22.6. The molecule has 7 heteroatoms. The van der Waals surface area contributed by atoms with Gasteiger partial charge in [-0.3, -0.25) is 9.59 Å². The number of nitrogens with one attached hydrogen (secondary N) is 1. The summed E-state index contributed by atoms with van der Waals surface area (Å²) in [6.07, 6.45) is 2.95. The van der Waals surface area contributed by atoms with Crippen molar-refractivity contribution in [3.63, 3.8) is 0 Å². The van der Waals surface area contributed by atoms with Gasteiger partial charge in [-0.1, -0.05) is 24.6 Å². The molecule has 2 aliphatic heterocycles. The van der Waals surface area contributed by atoms with Crippen molar-refractivity contribution >= 4 is 11.8 Å². The second-order valence-electron chi connectivity index (χ2n) is 9.59. The Morgan fingerprint density at radius 1 is 1.12 bits per heavy atom. The Bertz CT molecular complexity index is 1250. The van der Waals surface area contributed by atoms with Crippen LogP contribution in [0.5, 0.6) is 0 Å². The monoisotopic (exact) mass is 460 g/mol. The van der Waals surface area contributed by atoms with Gasteiger partial charge >= 0.3 is 0 Å². The van der Waals surface area contributed by atoms with Gasteiger partial charge in [-0.05, 0) is 68.7 Å². The average Bonchev–Trinajstić information content (AvgIpc) is 3.28. The highest BCUT2D eigenvalue weighted by atomic mass is 19.1. The van der Waals surface area contributed by atoms with Gasteiger partial charge < -0.3 is 10.2 Å². The molecule has 2 aliphatic rings. The fraction of sp³-hybridized carbons (Fsp3) is 0.370. The molecule has 2 saturated heterocycles. The number of aryl methyl sites for hydroxylation is 2. The molecule has 0 aliphatic carbocycles. The van der Waals surface area contributed by atoms with Gasteiger partial charge in [-0.15, -0.1) is 0 Å². The Kier molecular flexibility index (Phi) is 5.71. The Morgan fingerprint density at radius 3 is 2.71 bits per heavy atom. The summed E-state index contributed by atoms with van der Waals surface area (Å²) < 4.78 is 15.9. The Balaban J connectivity index is 1.48. The fourth-order valence-electron chi connectivity index (χ4n) is 5.57. The largest absolute Gasteiger partial charge is 0.348 e. The van der Waals surface area contributed by atoms with Crippen LogP contribution in [0.4, 0.5) is 4.39 Å². The van der Waals surface area contributed by atoms with Gasteiger partial charge in [0.1, 0.15) is 5.82 Å². The Morgan fingerprint density at radius 2 is 1.94 bits per heavy atom. The lowest BCUT2D eigenvalue weighted by molar-refractivity contribution is -0.122. The van der Waals surface area contributed by atoms with Gasteiger partial charge in [0.2, 0.25) is 5.91 Å². The minimum Gasteiger partial charge on any atom is -0.348 e. The lowest BCUT2D eigenvalue weighted by Crippen LogP contribution is -2.52. The predicted molar refractivity (Wildman–Crippen MR) is 127 cm³/mol. The number of halogens is 1. The quantitative estimate of drug-likeness (QED) is 0.634. The van der Waals surface area contributed by atoms with Crippen molar-refractivity contribution < 1.29 is 14.0 Å². The first-order valence-corrected chi connectivity index (χ1v) is 11.8. The first-order valence-electron chi connectivity index (χ1n) is 11.8. The molecule has 5 rings (SSSR count). The van der Waals surface area contributed by atoms with Crippen LogP contribution < -0.4 is 5.32 Å². The molecule has 0 bridgehead atoms. The van der Waals surface area contributed by atoms with Gasteiger partial charge in [0.05, 0.1) is 16.9 Å². The van der Waals surface area contributed by atoms with E-state index in [1.54, 1.807) is 6.07 Å². The van der Waals surface area contributed by atoms with Crippen molar-refractivity contribution in [1.82, 2.24) is 20.0 Å². The number of aromatic nitrogens is 2. The second kappa shape index (κ2) is 8.70. The highest BCUT2D eigenvalue weighted by Gasteiger charge is 2.50. The fourth-order valence-corrected chi connectivity index (χ4v) is 5.57. The lowest BCUT2D eigenvalue weighted by atomic mass is 9.79. The maximum Gasteiger partial charge on any atom is 0.254 e. The summed E-state index contributed by atoms with van der Waals surface area (Å²) in [5.74, 6) is -0.580. The third-order valence-electron chi connectivity index (χ3n) is 7.09. The number of amides is 2. The summed E-state index contributed by atoms with van der Waals surface area (Å²) in [4.78, 5) is 28.0. The topological polar surface area (TPSA) is 67.2 Å². The highest BCUT2D eigenvalue weighted by Crippen LogP contribution is 2.41. The number of hydrogen-bond acceptors (Lipinski definition) is 3. The third-order valence-corrected chi connectivity index (χ3v) is 7.09.